The average molecular weight is 219 g/mol. The summed E-state index contributed by atoms with van der Waals surface area (Å²) in [5.41, 5.74) is 6.53. The molecule has 86 valence electrons. The van der Waals surface area contributed by atoms with E-state index >= 15 is 0 Å². The minimum Gasteiger partial charge on any atom is -0.455 e. The summed E-state index contributed by atoms with van der Waals surface area (Å²) in [6.07, 6.45) is 1.34. The van der Waals surface area contributed by atoms with E-state index in [-0.39, 0.29) is 11.7 Å². The Morgan fingerprint density at radius 3 is 2.56 bits per heavy atom. The Bertz CT molecular complexity index is 384. The van der Waals surface area contributed by atoms with Gasteiger partial charge in [0, 0.05) is 17.5 Å². The molecule has 0 bridgehead atoms. The predicted octanol–water partition coefficient (Wildman–Crippen LogP) is 2.56. The van der Waals surface area contributed by atoms with E-state index in [1.54, 1.807) is 6.26 Å². The fourth-order valence-corrected chi connectivity index (χ4v) is 1.47. The van der Waals surface area contributed by atoms with Gasteiger partial charge in [-0.2, -0.15) is 0 Å². The van der Waals surface area contributed by atoms with Crippen LogP contribution < -0.4 is 5.73 Å². The SMILES string of the molecule is CC(C)(CN)C1=COC(c2ccccc2)O1. The summed E-state index contributed by atoms with van der Waals surface area (Å²) in [6.45, 7) is 4.61. The van der Waals surface area contributed by atoms with Crippen molar-refractivity contribution in [2.75, 3.05) is 6.54 Å². The molecule has 1 atom stereocenters. The molecule has 0 radical (unpaired) electrons. The Labute approximate surface area is 95.9 Å². The van der Waals surface area contributed by atoms with Crippen LogP contribution in [0, 0.1) is 5.41 Å². The molecule has 1 aromatic carbocycles. The maximum atomic E-state index is 5.76. The molecule has 0 spiro atoms. The number of rotatable bonds is 3. The van der Waals surface area contributed by atoms with Crippen molar-refractivity contribution in [3.63, 3.8) is 0 Å². The zero-order chi connectivity index (χ0) is 11.6. The molecule has 0 fully saturated rings. The zero-order valence-corrected chi connectivity index (χ0v) is 9.64. The van der Waals surface area contributed by atoms with Crippen LogP contribution in [0.25, 0.3) is 0 Å². The summed E-state index contributed by atoms with van der Waals surface area (Å²) in [4.78, 5) is 0. The van der Waals surface area contributed by atoms with Crippen molar-refractivity contribution in [2.45, 2.75) is 20.1 Å². The Kier molecular flexibility index (Phi) is 2.88. The van der Waals surface area contributed by atoms with Crippen LogP contribution in [0.15, 0.2) is 42.4 Å². The van der Waals surface area contributed by atoms with Gasteiger partial charge in [-0.05, 0) is 0 Å². The van der Waals surface area contributed by atoms with Crippen LogP contribution in [0.2, 0.25) is 0 Å². The van der Waals surface area contributed by atoms with E-state index in [0.717, 1.165) is 11.3 Å². The fraction of sp³-hybridized carbons (Fsp3) is 0.385. The Hall–Kier alpha value is -1.48. The van der Waals surface area contributed by atoms with Crippen molar-refractivity contribution < 1.29 is 9.47 Å². The van der Waals surface area contributed by atoms with Crippen LogP contribution in [0.4, 0.5) is 0 Å². The van der Waals surface area contributed by atoms with Crippen molar-refractivity contribution in [1.82, 2.24) is 0 Å². The van der Waals surface area contributed by atoms with E-state index in [1.165, 1.54) is 0 Å². The van der Waals surface area contributed by atoms with Crippen LogP contribution in [0.1, 0.15) is 25.7 Å². The number of hydrogen-bond donors (Lipinski definition) is 1. The van der Waals surface area contributed by atoms with Crippen molar-refractivity contribution in [1.29, 1.82) is 0 Å². The molecule has 16 heavy (non-hydrogen) atoms. The summed E-state index contributed by atoms with van der Waals surface area (Å²) in [6, 6.07) is 9.87. The average Bonchev–Trinajstić information content (AvgIpc) is 2.80. The Morgan fingerprint density at radius 2 is 1.94 bits per heavy atom. The topological polar surface area (TPSA) is 44.5 Å². The highest BCUT2D eigenvalue weighted by Gasteiger charge is 2.31. The van der Waals surface area contributed by atoms with Crippen molar-refractivity contribution >= 4 is 0 Å². The predicted molar refractivity (Wildman–Crippen MR) is 62.3 cm³/mol. The van der Waals surface area contributed by atoms with Crippen LogP contribution in [-0.2, 0) is 9.47 Å². The van der Waals surface area contributed by atoms with E-state index in [4.69, 9.17) is 15.2 Å². The summed E-state index contributed by atoms with van der Waals surface area (Å²) < 4.78 is 11.3. The second-order valence-corrected chi connectivity index (χ2v) is 4.57. The highest BCUT2D eigenvalue weighted by atomic mass is 16.7. The third-order valence-corrected chi connectivity index (χ3v) is 2.78. The lowest BCUT2D eigenvalue weighted by Crippen LogP contribution is -2.26. The lowest BCUT2D eigenvalue weighted by molar-refractivity contribution is -0.0452. The summed E-state index contributed by atoms with van der Waals surface area (Å²) in [5, 5.41) is 0. The second-order valence-electron chi connectivity index (χ2n) is 4.57. The first-order chi connectivity index (χ1) is 7.63. The minimum absolute atomic E-state index is 0.177. The molecular formula is C13H17NO2. The molecule has 3 heteroatoms. The van der Waals surface area contributed by atoms with Gasteiger partial charge in [-0.1, -0.05) is 44.2 Å². The first kappa shape index (κ1) is 11.0. The number of hydrogen-bond acceptors (Lipinski definition) is 3. The van der Waals surface area contributed by atoms with Crippen LogP contribution in [0.5, 0.6) is 0 Å². The highest BCUT2D eigenvalue weighted by molar-refractivity contribution is 5.19. The quantitative estimate of drug-likeness (QED) is 0.849. The van der Waals surface area contributed by atoms with Gasteiger partial charge in [0.1, 0.15) is 12.0 Å². The van der Waals surface area contributed by atoms with Gasteiger partial charge in [-0.15, -0.1) is 0 Å². The Balaban J connectivity index is 2.08. The lowest BCUT2D eigenvalue weighted by atomic mass is 9.92. The smallest absolute Gasteiger partial charge is 0.266 e. The molecule has 1 aliphatic heterocycles. The molecule has 2 N–H and O–H groups in total. The van der Waals surface area contributed by atoms with Gasteiger partial charge in [0.15, 0.2) is 0 Å². The molecule has 1 unspecified atom stereocenters. The molecule has 0 amide bonds. The third kappa shape index (κ3) is 2.04. The van der Waals surface area contributed by atoms with Crippen LogP contribution in [-0.4, -0.2) is 6.54 Å². The number of nitrogens with two attached hydrogens (primary N) is 1. The number of benzene rings is 1. The number of ether oxygens (including phenoxy) is 2. The normalized spacial score (nSPS) is 19.9. The van der Waals surface area contributed by atoms with E-state index in [2.05, 4.69) is 0 Å². The van der Waals surface area contributed by atoms with Gasteiger partial charge in [0.05, 0.1) is 0 Å². The zero-order valence-electron chi connectivity index (χ0n) is 9.64. The van der Waals surface area contributed by atoms with E-state index < -0.39 is 0 Å². The fourth-order valence-electron chi connectivity index (χ4n) is 1.47. The highest BCUT2D eigenvalue weighted by Crippen LogP contribution is 2.36. The second kappa shape index (κ2) is 4.18. The maximum absolute atomic E-state index is 5.76. The molecule has 0 aromatic heterocycles. The molecule has 1 aromatic rings. The van der Waals surface area contributed by atoms with Crippen LogP contribution in [0.3, 0.4) is 0 Å². The molecule has 3 nitrogen and oxygen atoms in total. The van der Waals surface area contributed by atoms with Crippen LogP contribution >= 0.6 is 0 Å². The van der Waals surface area contributed by atoms with Crippen molar-refractivity contribution in [2.24, 2.45) is 11.1 Å². The monoisotopic (exact) mass is 219 g/mol. The minimum atomic E-state index is -0.331. The van der Waals surface area contributed by atoms with Crippen molar-refractivity contribution in [3.8, 4) is 0 Å². The summed E-state index contributed by atoms with van der Waals surface area (Å²) in [7, 11) is 0. The molecule has 1 heterocycles. The molecule has 2 rings (SSSR count). The molecule has 1 aliphatic rings. The maximum Gasteiger partial charge on any atom is 0.266 e. The summed E-state index contributed by atoms with van der Waals surface area (Å²) in [5.74, 6) is 0.809. The first-order valence-corrected chi connectivity index (χ1v) is 5.41. The largest absolute Gasteiger partial charge is 0.455 e. The Morgan fingerprint density at radius 1 is 1.25 bits per heavy atom. The van der Waals surface area contributed by atoms with Gasteiger partial charge in [-0.3, -0.25) is 0 Å². The first-order valence-electron chi connectivity index (χ1n) is 5.41. The van der Waals surface area contributed by atoms with Crippen molar-refractivity contribution in [3.05, 3.63) is 47.9 Å². The van der Waals surface area contributed by atoms with Gasteiger partial charge >= 0.3 is 0 Å². The third-order valence-electron chi connectivity index (χ3n) is 2.78. The van der Waals surface area contributed by atoms with Gasteiger partial charge < -0.3 is 15.2 Å². The molecule has 0 saturated heterocycles. The van der Waals surface area contributed by atoms with E-state index in [0.29, 0.717) is 6.54 Å². The summed E-state index contributed by atoms with van der Waals surface area (Å²) >= 11 is 0. The molecule has 0 saturated carbocycles. The van der Waals surface area contributed by atoms with Gasteiger partial charge in [0.2, 0.25) is 0 Å². The van der Waals surface area contributed by atoms with Gasteiger partial charge in [-0.25, -0.2) is 0 Å². The van der Waals surface area contributed by atoms with E-state index in [1.807, 2.05) is 44.2 Å². The molecular weight excluding hydrogens is 202 g/mol. The van der Waals surface area contributed by atoms with Gasteiger partial charge in [0.25, 0.3) is 6.29 Å². The standard InChI is InChI=1S/C13H17NO2/c1-13(2,9-14)11-8-15-12(16-11)10-6-4-3-5-7-10/h3-8,12H,9,14H2,1-2H3. The lowest BCUT2D eigenvalue weighted by Gasteiger charge is -2.23. The molecule has 0 aliphatic carbocycles. The van der Waals surface area contributed by atoms with E-state index in [9.17, 15) is 0 Å².